The van der Waals surface area contributed by atoms with Crippen LogP contribution < -0.4 is 15.4 Å². The molecule has 2 aromatic rings. The first kappa shape index (κ1) is 20.5. The number of benzene rings is 2. The summed E-state index contributed by atoms with van der Waals surface area (Å²) >= 11 is 0. The van der Waals surface area contributed by atoms with Crippen LogP contribution in [-0.4, -0.2) is 38.9 Å². The molecule has 0 bridgehead atoms. The van der Waals surface area contributed by atoms with Crippen molar-refractivity contribution in [2.24, 2.45) is 0 Å². The lowest BCUT2D eigenvalue weighted by Gasteiger charge is -2.42. The molecule has 0 aliphatic carbocycles. The second kappa shape index (κ2) is 7.49. The molecule has 4 N–H and O–H groups in total. The van der Waals surface area contributed by atoms with Crippen molar-refractivity contribution in [3.8, 4) is 11.8 Å². The Kier molecular flexibility index (Phi) is 4.95. The lowest BCUT2D eigenvalue weighted by molar-refractivity contribution is -0.0618. The summed E-state index contributed by atoms with van der Waals surface area (Å²) in [5.41, 5.74) is 2.20. The fraction of sp³-hybridized carbons (Fsp3) is 0.318. The number of nitriles is 1. The number of rotatable bonds is 2. The molecule has 9 heteroatoms. The fourth-order valence-corrected chi connectivity index (χ4v) is 3.94. The highest BCUT2D eigenvalue weighted by Crippen LogP contribution is 2.40. The quantitative estimate of drug-likeness (QED) is 0.588. The van der Waals surface area contributed by atoms with Crippen molar-refractivity contribution in [1.29, 1.82) is 5.26 Å². The summed E-state index contributed by atoms with van der Waals surface area (Å²) < 4.78 is 5.86. The zero-order chi connectivity index (χ0) is 22.3. The molecule has 2 aromatic carbocycles. The lowest BCUT2D eigenvalue weighted by atomic mass is 9.86. The minimum Gasteiger partial charge on any atom is -0.485 e. The monoisotopic (exact) mass is 422 g/mol. The first-order valence-corrected chi connectivity index (χ1v) is 9.76. The van der Waals surface area contributed by atoms with Gasteiger partial charge in [0.25, 0.3) is 0 Å². The number of ether oxygens (including phenoxy) is 1. The van der Waals surface area contributed by atoms with Crippen molar-refractivity contribution in [2.45, 2.75) is 44.7 Å². The molecule has 2 unspecified atom stereocenters. The second-order valence-corrected chi connectivity index (χ2v) is 8.21. The number of hydrogen-bond donors (Lipinski definition) is 4. The predicted molar refractivity (Wildman–Crippen MR) is 110 cm³/mol. The smallest absolute Gasteiger partial charge is 0.407 e. The van der Waals surface area contributed by atoms with Gasteiger partial charge in [-0.2, -0.15) is 5.26 Å². The number of carbonyl (C=O) groups excluding carboxylic acids is 1. The lowest BCUT2D eigenvalue weighted by Crippen LogP contribution is -2.54. The fourth-order valence-electron chi connectivity index (χ4n) is 3.94. The Bertz CT molecular complexity index is 1110. The summed E-state index contributed by atoms with van der Waals surface area (Å²) in [7, 11) is 0. The zero-order valence-corrected chi connectivity index (χ0v) is 17.0. The van der Waals surface area contributed by atoms with Crippen LogP contribution in [-0.2, 0) is 13.1 Å². The van der Waals surface area contributed by atoms with E-state index < -0.39 is 29.9 Å². The molecule has 9 nitrogen and oxygen atoms in total. The van der Waals surface area contributed by atoms with Crippen LogP contribution in [0.5, 0.6) is 5.75 Å². The van der Waals surface area contributed by atoms with E-state index in [1.165, 1.54) is 4.90 Å². The highest BCUT2D eigenvalue weighted by molar-refractivity contribution is 5.90. The number of carbonyl (C=O) groups is 2. The zero-order valence-electron chi connectivity index (χ0n) is 17.0. The van der Waals surface area contributed by atoms with E-state index in [0.717, 1.165) is 11.1 Å². The molecular formula is C22H22N4O5. The molecule has 3 amide bonds. The summed E-state index contributed by atoms with van der Waals surface area (Å²) in [6.45, 7) is 4.03. The maximum atomic E-state index is 12.7. The van der Waals surface area contributed by atoms with Crippen LogP contribution >= 0.6 is 0 Å². The Balaban J connectivity index is 1.53. The molecule has 0 fully saturated rings. The topological polar surface area (TPSA) is 135 Å². The summed E-state index contributed by atoms with van der Waals surface area (Å²) in [6.07, 6.45) is -2.04. The number of hydrogen-bond acceptors (Lipinski definition) is 5. The van der Waals surface area contributed by atoms with Crippen LogP contribution in [0.25, 0.3) is 0 Å². The SMILES string of the molecule is CC1(C)Oc2ccc(C#N)cc2C(NC(=O)Nc2ccc3c(c2)CN(C(=O)O)C3)C1O. The molecule has 0 aromatic heterocycles. The largest absolute Gasteiger partial charge is 0.485 e. The van der Waals surface area contributed by atoms with Crippen LogP contribution in [0.1, 0.15) is 42.1 Å². The van der Waals surface area contributed by atoms with Crippen LogP contribution in [0.4, 0.5) is 15.3 Å². The van der Waals surface area contributed by atoms with E-state index in [-0.39, 0.29) is 6.54 Å². The normalized spacial score (nSPS) is 20.6. The van der Waals surface area contributed by atoms with E-state index >= 15 is 0 Å². The summed E-state index contributed by atoms with van der Waals surface area (Å²) in [5, 5.41) is 34.7. The highest BCUT2D eigenvalue weighted by Gasteiger charge is 2.43. The first-order chi connectivity index (χ1) is 14.7. The number of aliphatic hydroxyl groups excluding tert-OH is 1. The van der Waals surface area contributed by atoms with E-state index in [9.17, 15) is 20.0 Å². The summed E-state index contributed by atoms with van der Waals surface area (Å²) in [4.78, 5) is 25.2. The number of aliphatic hydroxyl groups is 1. The van der Waals surface area contributed by atoms with Gasteiger partial charge in [0.05, 0.1) is 17.7 Å². The molecule has 0 spiro atoms. The second-order valence-electron chi connectivity index (χ2n) is 8.21. The number of urea groups is 1. The van der Waals surface area contributed by atoms with Crippen LogP contribution in [0.15, 0.2) is 36.4 Å². The molecule has 4 rings (SSSR count). The summed E-state index contributed by atoms with van der Waals surface area (Å²) in [5.74, 6) is 0.492. The van der Waals surface area contributed by atoms with Gasteiger partial charge in [-0.05, 0) is 55.3 Å². The molecule has 2 heterocycles. The maximum absolute atomic E-state index is 12.7. The molecule has 0 saturated heterocycles. The molecule has 2 aliphatic rings. The van der Waals surface area contributed by atoms with Gasteiger partial charge in [-0.3, -0.25) is 4.90 Å². The van der Waals surface area contributed by atoms with Gasteiger partial charge in [0.15, 0.2) is 0 Å². The van der Waals surface area contributed by atoms with Crippen molar-refractivity contribution in [1.82, 2.24) is 10.2 Å². The van der Waals surface area contributed by atoms with E-state index in [0.29, 0.717) is 29.1 Å². The van der Waals surface area contributed by atoms with Crippen molar-refractivity contribution in [3.63, 3.8) is 0 Å². The average molecular weight is 422 g/mol. The minimum atomic E-state index is -1.05. The Morgan fingerprint density at radius 3 is 2.65 bits per heavy atom. The molecule has 31 heavy (non-hydrogen) atoms. The average Bonchev–Trinajstić information content (AvgIpc) is 3.15. The first-order valence-electron chi connectivity index (χ1n) is 9.76. The standard InChI is InChI=1S/C22H22N4O5/c1-22(2)19(27)18(16-7-12(9-23)3-6-17(16)31-22)25-20(28)24-15-5-4-13-10-26(21(29)30)11-14(13)8-15/h3-8,18-19,27H,10-11H2,1-2H3,(H,29,30)(H2,24,25,28). The Hall–Kier alpha value is -3.77. The van der Waals surface area contributed by atoms with Gasteiger partial charge in [0.1, 0.15) is 17.5 Å². The molecule has 2 atom stereocenters. The maximum Gasteiger partial charge on any atom is 0.407 e. The van der Waals surface area contributed by atoms with E-state index in [1.807, 2.05) is 0 Å². The van der Waals surface area contributed by atoms with Gasteiger partial charge in [-0.25, -0.2) is 9.59 Å². The number of anilines is 1. The number of nitrogens with zero attached hydrogens (tertiary/aromatic N) is 2. The van der Waals surface area contributed by atoms with Gasteiger partial charge >= 0.3 is 12.1 Å². The van der Waals surface area contributed by atoms with Crippen LogP contribution in [0.2, 0.25) is 0 Å². The number of amides is 3. The third-order valence-electron chi connectivity index (χ3n) is 5.62. The number of nitrogens with one attached hydrogen (secondary N) is 2. The van der Waals surface area contributed by atoms with Crippen LogP contribution in [0, 0.1) is 11.3 Å². The van der Waals surface area contributed by atoms with E-state index in [4.69, 9.17) is 9.84 Å². The number of fused-ring (bicyclic) bond motifs is 2. The Morgan fingerprint density at radius 1 is 1.19 bits per heavy atom. The van der Waals surface area contributed by atoms with Crippen LogP contribution in [0.3, 0.4) is 0 Å². The number of carboxylic acid groups (broad SMARTS) is 1. The van der Waals surface area contributed by atoms with Crippen molar-refractivity contribution in [2.75, 3.05) is 5.32 Å². The van der Waals surface area contributed by atoms with Crippen molar-refractivity contribution in [3.05, 3.63) is 58.7 Å². The molecule has 2 aliphatic heterocycles. The molecule has 0 radical (unpaired) electrons. The van der Waals surface area contributed by atoms with Gasteiger partial charge in [-0.1, -0.05) is 6.07 Å². The third kappa shape index (κ3) is 3.85. The molecule has 0 saturated carbocycles. The highest BCUT2D eigenvalue weighted by atomic mass is 16.5. The van der Waals surface area contributed by atoms with E-state index in [2.05, 4.69) is 16.7 Å². The van der Waals surface area contributed by atoms with Crippen molar-refractivity contribution < 1.29 is 24.5 Å². The van der Waals surface area contributed by atoms with Gasteiger partial charge in [0.2, 0.25) is 0 Å². The molecular weight excluding hydrogens is 400 g/mol. The van der Waals surface area contributed by atoms with Crippen molar-refractivity contribution >= 4 is 17.8 Å². The Labute approximate surface area is 178 Å². The third-order valence-corrected chi connectivity index (χ3v) is 5.62. The van der Waals surface area contributed by atoms with Gasteiger partial charge in [0, 0.05) is 24.3 Å². The summed E-state index contributed by atoms with van der Waals surface area (Å²) in [6, 6.07) is 10.8. The minimum absolute atomic E-state index is 0.263. The van der Waals surface area contributed by atoms with E-state index in [1.54, 1.807) is 50.2 Å². The predicted octanol–water partition coefficient (Wildman–Crippen LogP) is 2.95. The Morgan fingerprint density at radius 2 is 1.94 bits per heavy atom. The van der Waals surface area contributed by atoms with Gasteiger partial charge in [-0.15, -0.1) is 0 Å². The van der Waals surface area contributed by atoms with Gasteiger partial charge < -0.3 is 25.6 Å². The molecule has 160 valence electrons.